The van der Waals surface area contributed by atoms with E-state index in [0.717, 1.165) is 44.0 Å². The van der Waals surface area contributed by atoms with Gasteiger partial charge in [0.25, 0.3) is 0 Å². The van der Waals surface area contributed by atoms with Crippen molar-refractivity contribution in [2.75, 3.05) is 20.1 Å². The molecule has 1 fully saturated rings. The van der Waals surface area contributed by atoms with Gasteiger partial charge in [-0.1, -0.05) is 32.9 Å². The lowest BCUT2D eigenvalue weighted by atomic mass is 9.94. The molecule has 0 saturated carbocycles. The van der Waals surface area contributed by atoms with Crippen LogP contribution < -0.4 is 0 Å². The van der Waals surface area contributed by atoms with Crippen molar-refractivity contribution in [3.63, 3.8) is 0 Å². The molecule has 0 aliphatic carbocycles. The number of hydrogen-bond acceptors (Lipinski definition) is 2. The fourth-order valence-electron chi connectivity index (χ4n) is 3.89. The second-order valence-corrected chi connectivity index (χ2v) is 6.81. The molecule has 1 heterocycles. The van der Waals surface area contributed by atoms with Crippen molar-refractivity contribution >= 4 is 0 Å². The van der Waals surface area contributed by atoms with Crippen LogP contribution in [0.25, 0.3) is 0 Å². The van der Waals surface area contributed by atoms with Crippen molar-refractivity contribution in [2.24, 2.45) is 0 Å². The number of hydrogen-bond donors (Lipinski definition) is 0. The van der Waals surface area contributed by atoms with Crippen LogP contribution in [0.15, 0.2) is 24.3 Å². The second-order valence-electron chi connectivity index (χ2n) is 6.81. The summed E-state index contributed by atoms with van der Waals surface area (Å²) in [5.74, 6) is 0. The summed E-state index contributed by atoms with van der Waals surface area (Å²) in [6.45, 7) is 8.30. The molecule has 2 rings (SSSR count). The van der Waals surface area contributed by atoms with Crippen molar-refractivity contribution in [3.05, 3.63) is 35.4 Å². The molecule has 136 valence electrons. The molecule has 1 aliphatic heterocycles. The van der Waals surface area contributed by atoms with E-state index in [1.807, 2.05) is 6.07 Å². The van der Waals surface area contributed by atoms with Crippen molar-refractivity contribution in [1.29, 1.82) is 0 Å². The lowest BCUT2D eigenvalue weighted by molar-refractivity contribution is -0.137. The van der Waals surface area contributed by atoms with Gasteiger partial charge in [-0.05, 0) is 44.0 Å². The van der Waals surface area contributed by atoms with Gasteiger partial charge in [0.1, 0.15) is 0 Å². The van der Waals surface area contributed by atoms with Crippen LogP contribution in [-0.2, 0) is 6.18 Å². The third-order valence-corrected chi connectivity index (χ3v) is 5.34. The Bertz CT molecular complexity index is 530. The normalized spacial score (nSPS) is 25.0. The molecule has 0 spiro atoms. The molecule has 1 aromatic carbocycles. The molecule has 24 heavy (non-hydrogen) atoms. The van der Waals surface area contributed by atoms with Crippen LogP contribution >= 0.6 is 0 Å². The topological polar surface area (TPSA) is 6.48 Å². The van der Waals surface area contributed by atoms with E-state index in [0.29, 0.717) is 12.1 Å². The fraction of sp³-hybridized carbons (Fsp3) is 0.684. The first-order chi connectivity index (χ1) is 11.3. The smallest absolute Gasteiger partial charge is 0.301 e. The highest BCUT2D eigenvalue weighted by Gasteiger charge is 2.35. The molecule has 5 heteroatoms. The maximum Gasteiger partial charge on any atom is 0.416 e. The minimum absolute atomic E-state index is 0.0417. The minimum atomic E-state index is -4.29. The van der Waals surface area contributed by atoms with E-state index in [9.17, 15) is 13.2 Å². The monoisotopic (exact) mass is 342 g/mol. The predicted molar refractivity (Wildman–Crippen MR) is 92.0 cm³/mol. The molecule has 1 saturated heterocycles. The first-order valence-corrected chi connectivity index (χ1v) is 8.94. The van der Waals surface area contributed by atoms with Crippen LogP contribution in [0.1, 0.15) is 57.2 Å². The van der Waals surface area contributed by atoms with E-state index >= 15 is 0 Å². The zero-order valence-corrected chi connectivity index (χ0v) is 15.1. The third kappa shape index (κ3) is 4.12. The van der Waals surface area contributed by atoms with E-state index in [1.165, 1.54) is 12.1 Å². The molecule has 0 amide bonds. The number of piperazine rings is 1. The van der Waals surface area contributed by atoms with Crippen LogP contribution in [0.4, 0.5) is 13.2 Å². The highest BCUT2D eigenvalue weighted by Crippen LogP contribution is 2.35. The summed E-state index contributed by atoms with van der Waals surface area (Å²) >= 11 is 0. The van der Waals surface area contributed by atoms with E-state index in [1.54, 1.807) is 0 Å². The highest BCUT2D eigenvalue weighted by atomic mass is 19.4. The van der Waals surface area contributed by atoms with Crippen LogP contribution in [0.3, 0.4) is 0 Å². The summed E-state index contributed by atoms with van der Waals surface area (Å²) in [6.07, 6.45) is -1.40. The largest absolute Gasteiger partial charge is 0.416 e. The zero-order valence-electron chi connectivity index (χ0n) is 15.1. The lowest BCUT2D eigenvalue weighted by Crippen LogP contribution is -2.57. The molecule has 1 aromatic rings. The fourth-order valence-corrected chi connectivity index (χ4v) is 3.89. The van der Waals surface area contributed by atoms with Gasteiger partial charge in [-0.2, -0.15) is 13.2 Å². The van der Waals surface area contributed by atoms with Crippen LogP contribution in [-0.4, -0.2) is 42.0 Å². The summed E-state index contributed by atoms with van der Waals surface area (Å²) < 4.78 is 39.2. The van der Waals surface area contributed by atoms with Gasteiger partial charge in [0, 0.05) is 31.2 Å². The molecular formula is C19H29F3N2. The molecule has 0 radical (unpaired) electrons. The second kappa shape index (κ2) is 7.87. The maximum absolute atomic E-state index is 13.1. The van der Waals surface area contributed by atoms with Gasteiger partial charge in [0.2, 0.25) is 0 Å². The van der Waals surface area contributed by atoms with Gasteiger partial charge >= 0.3 is 6.18 Å². The summed E-state index contributed by atoms with van der Waals surface area (Å²) in [6, 6.07) is 6.77. The van der Waals surface area contributed by atoms with Crippen molar-refractivity contribution in [2.45, 2.75) is 64.3 Å². The van der Waals surface area contributed by atoms with Crippen LogP contribution in [0.5, 0.6) is 0 Å². The Morgan fingerprint density at radius 1 is 1.08 bits per heavy atom. The molecule has 3 atom stereocenters. The van der Waals surface area contributed by atoms with Crippen molar-refractivity contribution in [1.82, 2.24) is 9.80 Å². The van der Waals surface area contributed by atoms with E-state index in [4.69, 9.17) is 0 Å². The number of likely N-dealkylation sites (N-methyl/N-ethyl adjacent to an activating group) is 1. The summed E-state index contributed by atoms with van der Waals surface area (Å²) in [7, 11) is 2.15. The number of benzene rings is 1. The number of nitrogens with zero attached hydrogens (tertiary/aromatic N) is 2. The number of alkyl halides is 3. The lowest BCUT2D eigenvalue weighted by Gasteiger charge is -2.48. The van der Waals surface area contributed by atoms with Crippen LogP contribution in [0.2, 0.25) is 0 Å². The Morgan fingerprint density at radius 3 is 2.29 bits per heavy atom. The first-order valence-electron chi connectivity index (χ1n) is 8.94. The van der Waals surface area contributed by atoms with Crippen LogP contribution in [0, 0.1) is 0 Å². The summed E-state index contributed by atoms with van der Waals surface area (Å²) in [4.78, 5) is 4.83. The van der Waals surface area contributed by atoms with Gasteiger partial charge in [-0.15, -0.1) is 0 Å². The first kappa shape index (κ1) is 19.3. The predicted octanol–water partition coefficient (Wildman–Crippen LogP) is 4.96. The van der Waals surface area contributed by atoms with Gasteiger partial charge in [-0.3, -0.25) is 4.90 Å². The quantitative estimate of drug-likeness (QED) is 0.746. The molecule has 1 aliphatic rings. The van der Waals surface area contributed by atoms with Gasteiger partial charge in [0.05, 0.1) is 5.56 Å². The summed E-state index contributed by atoms with van der Waals surface area (Å²) in [5, 5.41) is 0. The maximum atomic E-state index is 13.1. The third-order valence-electron chi connectivity index (χ3n) is 5.34. The van der Waals surface area contributed by atoms with Gasteiger partial charge < -0.3 is 4.90 Å². The standard InChI is InChI=1S/C19H29F3N2/c1-5-16-13-24(17(6-2)12-23(16)4)18(7-3)14-9-8-10-15(11-14)19(20,21)22/h8-11,16-18H,5-7,12-13H2,1-4H3/t16-,17+,18-/m0/s1. The number of rotatable bonds is 5. The average Bonchev–Trinajstić information content (AvgIpc) is 2.56. The molecule has 0 unspecified atom stereocenters. The molecular weight excluding hydrogens is 313 g/mol. The SMILES string of the molecule is CC[C@H]1CN([C@@H](CC)c2cccc(C(F)(F)F)c2)[C@H](CC)CN1C. The Morgan fingerprint density at radius 2 is 1.75 bits per heavy atom. The minimum Gasteiger partial charge on any atom is -0.301 e. The Hall–Kier alpha value is -1.07. The van der Waals surface area contributed by atoms with Gasteiger partial charge in [-0.25, -0.2) is 0 Å². The molecule has 0 bridgehead atoms. The van der Waals surface area contributed by atoms with Gasteiger partial charge in [0.15, 0.2) is 0 Å². The average molecular weight is 342 g/mol. The number of halogens is 3. The van der Waals surface area contributed by atoms with E-state index in [-0.39, 0.29) is 6.04 Å². The Labute approximate surface area is 143 Å². The molecule has 2 nitrogen and oxygen atoms in total. The Balaban J connectivity index is 2.32. The summed E-state index contributed by atoms with van der Waals surface area (Å²) in [5.41, 5.74) is 0.234. The zero-order chi connectivity index (χ0) is 17.9. The van der Waals surface area contributed by atoms with E-state index < -0.39 is 11.7 Å². The molecule has 0 aromatic heterocycles. The highest BCUT2D eigenvalue weighted by molar-refractivity contribution is 5.28. The van der Waals surface area contributed by atoms with Crippen molar-refractivity contribution < 1.29 is 13.2 Å². The Kier molecular flexibility index (Phi) is 6.32. The molecule has 0 N–H and O–H groups in total. The van der Waals surface area contributed by atoms with Crippen molar-refractivity contribution in [3.8, 4) is 0 Å². The van der Waals surface area contributed by atoms with E-state index in [2.05, 4.69) is 37.6 Å².